The topological polar surface area (TPSA) is 164 Å². The third-order valence-electron chi connectivity index (χ3n) is 8.35. The van der Waals surface area contributed by atoms with Gasteiger partial charge in [0.2, 0.25) is 32.3 Å². The summed E-state index contributed by atoms with van der Waals surface area (Å²) in [4.78, 5) is 43.5. The van der Waals surface area contributed by atoms with E-state index in [1.54, 1.807) is 0 Å². The fraction of sp³-hybridized carbons (Fsp3) is 0.567. The predicted molar refractivity (Wildman–Crippen MR) is 184 cm³/mol. The number of anilines is 2. The van der Waals surface area contributed by atoms with Crippen LogP contribution in [0.3, 0.4) is 0 Å². The average molecular weight is 744 g/mol. The maximum Gasteiger partial charge on any atom is 0.227 e. The number of carbonyl (C=O) groups is 1. The van der Waals surface area contributed by atoms with Crippen molar-refractivity contribution in [3.63, 3.8) is 0 Å². The van der Waals surface area contributed by atoms with E-state index >= 15 is 0 Å². The Morgan fingerprint density at radius 3 is 1.57 bits per heavy atom. The molecule has 0 aromatic carbocycles. The molecule has 2 N–H and O–H groups in total. The number of primary amides is 1. The van der Waals surface area contributed by atoms with E-state index in [2.05, 4.69) is 50.8 Å². The number of amides is 1. The minimum Gasteiger partial charge on any atom is -0.369 e. The Morgan fingerprint density at radius 1 is 0.660 bits per heavy atom. The predicted octanol–water partition coefficient (Wildman–Crippen LogP) is 6.15. The fourth-order valence-corrected chi connectivity index (χ4v) is 7.24. The van der Waals surface area contributed by atoms with Gasteiger partial charge in [0, 0.05) is 37.3 Å². The van der Waals surface area contributed by atoms with Crippen LogP contribution < -0.4 is 15.5 Å². The van der Waals surface area contributed by atoms with Gasteiger partial charge in [-0.25, -0.2) is 19.9 Å². The van der Waals surface area contributed by atoms with Gasteiger partial charge in [-0.2, -0.15) is 20.2 Å². The molecule has 2 saturated heterocycles. The lowest BCUT2D eigenvalue weighted by molar-refractivity contribution is -0.122. The molecule has 0 spiro atoms. The van der Waals surface area contributed by atoms with Crippen molar-refractivity contribution < 1.29 is 4.79 Å². The lowest BCUT2D eigenvalue weighted by Crippen LogP contribution is -2.42. The highest BCUT2D eigenvalue weighted by Crippen LogP contribution is 2.33. The molecule has 0 radical (unpaired) electrons. The summed E-state index contributed by atoms with van der Waals surface area (Å²) in [6, 6.07) is 2.37. The maximum absolute atomic E-state index is 11.4. The molecule has 17 heteroatoms. The number of fused-ring (bicyclic) bond motifs is 2. The Balaban J connectivity index is 0.000000168. The van der Waals surface area contributed by atoms with Crippen LogP contribution in [0, 0.1) is 23.2 Å². The van der Waals surface area contributed by atoms with E-state index in [-0.39, 0.29) is 41.0 Å². The van der Waals surface area contributed by atoms with Gasteiger partial charge in [0.05, 0.1) is 29.3 Å². The summed E-state index contributed by atoms with van der Waals surface area (Å²) in [6.45, 7) is 3.30. The highest BCUT2D eigenvalue weighted by molar-refractivity contribution is 6.33. The second-order valence-electron chi connectivity index (χ2n) is 11.4. The van der Waals surface area contributed by atoms with Crippen LogP contribution in [0.5, 0.6) is 0 Å². The second-order valence-corrected chi connectivity index (χ2v) is 13.1. The highest BCUT2D eigenvalue weighted by atomic mass is 35.5. The van der Waals surface area contributed by atoms with Crippen LogP contribution in [0.4, 0.5) is 11.6 Å². The van der Waals surface area contributed by atoms with Gasteiger partial charge in [-0.1, -0.05) is 7.43 Å². The molecule has 0 bridgehead atoms. The molecule has 0 unspecified atom stereocenters. The number of hydrogen-bond donors (Lipinski definition) is 1. The van der Waals surface area contributed by atoms with Crippen LogP contribution in [-0.2, 0) is 30.5 Å². The number of aromatic nitrogens is 7. The smallest absolute Gasteiger partial charge is 0.227 e. The van der Waals surface area contributed by atoms with Crippen LogP contribution in [0.25, 0.3) is 0 Å². The average Bonchev–Trinajstić information content (AvgIpc) is 3.70. The summed E-state index contributed by atoms with van der Waals surface area (Å²) in [5.74, 6) is 1.70. The van der Waals surface area contributed by atoms with Gasteiger partial charge in [0.1, 0.15) is 11.6 Å². The number of nitrogens with two attached hydrogens (primary N) is 1. The van der Waals surface area contributed by atoms with Crippen LogP contribution in [0.15, 0.2) is 0 Å². The SMILES string of the molecule is C.Clc1nc(Cl)nc(Cl)n1.N#C[C@@H]1CCCN(c2nc(Cl)nc3c2CCC3)C1.NC(=O)[C@@H]1CCCN(c2nc(Cl)nc3c2CCC3)C1. The molecule has 12 nitrogen and oxygen atoms in total. The van der Waals surface area contributed by atoms with Crippen LogP contribution in [0.2, 0.25) is 26.4 Å². The molecule has 5 heterocycles. The third kappa shape index (κ3) is 9.63. The number of halogens is 5. The number of hydrogen-bond acceptors (Lipinski definition) is 11. The number of carbonyl (C=O) groups excluding carboxylic acids is 1. The van der Waals surface area contributed by atoms with E-state index in [1.807, 2.05) is 0 Å². The van der Waals surface area contributed by atoms with Gasteiger partial charge in [-0.15, -0.1) is 0 Å². The van der Waals surface area contributed by atoms with E-state index < -0.39 is 0 Å². The van der Waals surface area contributed by atoms with E-state index in [0.717, 1.165) is 107 Å². The lowest BCUT2D eigenvalue weighted by atomic mass is 9.97. The van der Waals surface area contributed by atoms with Crippen molar-refractivity contribution in [3.05, 3.63) is 48.9 Å². The fourth-order valence-electron chi connectivity index (χ4n) is 6.27. The summed E-state index contributed by atoms with van der Waals surface area (Å²) in [5.41, 5.74) is 10.0. The Kier molecular flexibility index (Phi) is 13.4. The van der Waals surface area contributed by atoms with Gasteiger partial charge in [0.25, 0.3) is 0 Å². The number of nitrogens with zero attached hydrogens (tertiary/aromatic N) is 10. The second kappa shape index (κ2) is 17.0. The third-order valence-corrected chi connectivity index (χ3v) is 9.19. The van der Waals surface area contributed by atoms with Crippen molar-refractivity contribution in [3.8, 4) is 6.07 Å². The number of piperidine rings is 2. The first-order chi connectivity index (χ1) is 22.1. The Morgan fingerprint density at radius 2 is 1.11 bits per heavy atom. The molecule has 47 heavy (non-hydrogen) atoms. The Bertz CT molecular complexity index is 1570. The molecule has 3 aromatic rings. The zero-order valence-corrected chi connectivity index (χ0v) is 28.7. The molecule has 3 aromatic heterocycles. The number of nitriles is 1. The normalized spacial score (nSPS) is 19.6. The van der Waals surface area contributed by atoms with Crippen molar-refractivity contribution in [2.24, 2.45) is 17.6 Å². The molecule has 1 amide bonds. The summed E-state index contributed by atoms with van der Waals surface area (Å²) in [5, 5.41) is 9.71. The number of rotatable bonds is 3. The van der Waals surface area contributed by atoms with E-state index in [9.17, 15) is 4.79 Å². The number of aryl methyl sites for hydroxylation is 2. The zero-order chi connectivity index (χ0) is 32.8. The molecule has 2 fully saturated rings. The summed E-state index contributed by atoms with van der Waals surface area (Å²) >= 11 is 28.0. The van der Waals surface area contributed by atoms with Crippen LogP contribution in [0.1, 0.15) is 68.5 Å². The first kappa shape index (κ1) is 37.0. The van der Waals surface area contributed by atoms with Crippen LogP contribution >= 0.6 is 58.0 Å². The largest absolute Gasteiger partial charge is 0.369 e. The summed E-state index contributed by atoms with van der Waals surface area (Å²) in [6.07, 6.45) is 10.1. The summed E-state index contributed by atoms with van der Waals surface area (Å²) in [7, 11) is 0. The Labute approximate surface area is 299 Å². The molecular weight excluding hydrogens is 708 g/mol. The summed E-state index contributed by atoms with van der Waals surface area (Å²) < 4.78 is 0. The van der Waals surface area contributed by atoms with Crippen molar-refractivity contribution in [1.82, 2.24) is 34.9 Å². The van der Waals surface area contributed by atoms with E-state index in [0.29, 0.717) is 17.1 Å². The van der Waals surface area contributed by atoms with Crippen molar-refractivity contribution in [2.75, 3.05) is 36.0 Å². The van der Waals surface area contributed by atoms with Gasteiger partial charge < -0.3 is 15.5 Å². The van der Waals surface area contributed by atoms with Gasteiger partial charge >= 0.3 is 0 Å². The highest BCUT2D eigenvalue weighted by Gasteiger charge is 2.29. The van der Waals surface area contributed by atoms with Gasteiger partial charge in [-0.3, -0.25) is 4.79 Å². The minimum absolute atomic E-state index is 0. The minimum atomic E-state index is -0.221. The lowest BCUT2D eigenvalue weighted by Gasteiger charge is -2.33. The van der Waals surface area contributed by atoms with Crippen molar-refractivity contribution in [1.29, 1.82) is 5.26 Å². The first-order valence-corrected chi connectivity index (χ1v) is 17.0. The van der Waals surface area contributed by atoms with Crippen LogP contribution in [-0.4, -0.2) is 67.0 Å². The molecule has 252 valence electrons. The standard InChI is InChI=1S/C13H17ClN4O.C13H15ClN4.C3Cl3N3.CH4/c14-13-16-10-5-1-4-9(10)12(17-13)18-6-2-3-8(7-18)11(15)19;14-13-16-11-5-1-4-10(11)12(17-13)18-6-2-3-9(7-15)8-18;4-1-7-2(5)9-3(6)8-1;/h8H,1-7H2,(H2,15,19);9H,1-6,8H2;;1H4/t8-;9-;;/m10../s1. The monoisotopic (exact) mass is 741 g/mol. The Hall–Kier alpha value is -2.82. The molecule has 2 aliphatic heterocycles. The molecule has 2 aliphatic carbocycles. The van der Waals surface area contributed by atoms with Crippen molar-refractivity contribution in [2.45, 2.75) is 71.6 Å². The molecule has 7 rings (SSSR count). The van der Waals surface area contributed by atoms with E-state index in [1.165, 1.54) is 11.1 Å². The zero-order valence-electron chi connectivity index (χ0n) is 24.9. The van der Waals surface area contributed by atoms with Crippen molar-refractivity contribution >= 4 is 75.5 Å². The van der Waals surface area contributed by atoms with E-state index in [4.69, 9.17) is 69.0 Å². The van der Waals surface area contributed by atoms with Gasteiger partial charge in [-0.05, 0) is 122 Å². The molecule has 4 aliphatic rings. The quantitative estimate of drug-likeness (QED) is 0.306. The van der Waals surface area contributed by atoms with Gasteiger partial charge in [0.15, 0.2) is 0 Å². The first-order valence-electron chi connectivity index (χ1n) is 15.1. The maximum atomic E-state index is 11.4. The molecule has 2 atom stereocenters. The molecule has 0 saturated carbocycles. The molecular formula is C30H36Cl5N11O.